The number of hydrogen-bond donors (Lipinski definition) is 1. The predicted molar refractivity (Wildman–Crippen MR) is 162 cm³/mol. The Morgan fingerprint density at radius 2 is 1.41 bits per heavy atom. The third-order valence-electron chi connectivity index (χ3n) is 7.43. The summed E-state index contributed by atoms with van der Waals surface area (Å²) in [6, 6.07) is 15.3. The molecule has 1 unspecified atom stereocenters. The average molecular weight is 634 g/mol. The maximum Gasteiger partial charge on any atom is -0.147 e. The molecule has 0 aliphatic carbocycles. The van der Waals surface area contributed by atoms with Gasteiger partial charge in [-0.15, -0.1) is 12.4 Å². The maximum absolute atomic E-state index is 12.4. The van der Waals surface area contributed by atoms with Crippen LogP contribution in [0, 0.1) is 41.5 Å². The summed E-state index contributed by atoms with van der Waals surface area (Å²) in [5.74, 6) is 0.739. The monoisotopic (exact) mass is 634 g/mol. The number of para-hydroxylation sites is 1. The van der Waals surface area contributed by atoms with Crippen molar-refractivity contribution in [3.05, 3.63) is 81.4 Å². The van der Waals surface area contributed by atoms with Crippen molar-refractivity contribution in [2.45, 2.75) is 65.8 Å². The number of amides is 1. The molecule has 1 saturated heterocycles. The second kappa shape index (κ2) is 11.8. The summed E-state index contributed by atoms with van der Waals surface area (Å²) in [4.78, 5) is 17.6. The number of ether oxygens (including phenoxy) is 1. The van der Waals surface area contributed by atoms with E-state index in [0.717, 1.165) is 30.1 Å². The molecule has 1 fully saturated rings. The van der Waals surface area contributed by atoms with E-state index < -0.39 is 6.10 Å². The van der Waals surface area contributed by atoms with Gasteiger partial charge in [0.25, 0.3) is 0 Å². The Morgan fingerprint density at radius 3 is 1.90 bits per heavy atom. The van der Waals surface area contributed by atoms with Crippen LogP contribution < -0.4 is 19.9 Å². The molecule has 2 aliphatic heterocycles. The molecular formula is C32H39ClN3O2Ru. The molecule has 39 heavy (non-hydrogen) atoms. The SMILES string of the molecule is CCC1Oc2c(/[CH]=[Ru]/[CH]3N(c4c(C)cc(C)cc4C)CCN3c3c(C)cc(C)cc3C)cccc2NC1=O.Cl. The molecule has 0 radical (unpaired) electrons. The van der Waals surface area contributed by atoms with Gasteiger partial charge in [0.1, 0.15) is 0 Å². The molecule has 5 nitrogen and oxygen atoms in total. The molecular weight excluding hydrogens is 595 g/mol. The molecule has 1 amide bonds. The summed E-state index contributed by atoms with van der Waals surface area (Å²) in [7, 11) is 0. The summed E-state index contributed by atoms with van der Waals surface area (Å²) in [5.41, 5.74) is 12.5. The summed E-state index contributed by atoms with van der Waals surface area (Å²) in [6.45, 7) is 17.3. The van der Waals surface area contributed by atoms with Gasteiger partial charge in [-0.05, 0) is 0 Å². The number of rotatable bonds is 5. The van der Waals surface area contributed by atoms with E-state index in [4.69, 9.17) is 4.74 Å². The molecule has 7 heteroatoms. The fourth-order valence-electron chi connectivity index (χ4n) is 6.06. The topological polar surface area (TPSA) is 44.8 Å². The average Bonchev–Trinajstić information content (AvgIpc) is 3.23. The van der Waals surface area contributed by atoms with Gasteiger partial charge in [0.2, 0.25) is 0 Å². The predicted octanol–water partition coefficient (Wildman–Crippen LogP) is 6.61. The number of aryl methyl sites for hydroxylation is 6. The Bertz CT molecular complexity index is 1330. The van der Waals surface area contributed by atoms with Crippen LogP contribution in [-0.2, 0) is 21.5 Å². The van der Waals surface area contributed by atoms with Crippen LogP contribution in [0.15, 0.2) is 42.5 Å². The van der Waals surface area contributed by atoms with Crippen molar-refractivity contribution in [3.8, 4) is 5.75 Å². The van der Waals surface area contributed by atoms with E-state index in [1.54, 1.807) is 0 Å². The summed E-state index contributed by atoms with van der Waals surface area (Å²) >= 11 is -0.234. The Morgan fingerprint density at radius 1 is 0.897 bits per heavy atom. The molecule has 0 bridgehead atoms. The van der Waals surface area contributed by atoms with E-state index in [2.05, 4.69) is 91.6 Å². The van der Waals surface area contributed by atoms with Crippen molar-refractivity contribution in [1.29, 1.82) is 0 Å². The zero-order valence-corrected chi connectivity index (χ0v) is 26.4. The molecule has 0 spiro atoms. The summed E-state index contributed by atoms with van der Waals surface area (Å²) < 4.78 is 8.84. The number of hydrogen-bond acceptors (Lipinski definition) is 4. The molecule has 1 N–H and O–H groups in total. The molecule has 2 heterocycles. The van der Waals surface area contributed by atoms with Gasteiger partial charge in [0.05, 0.1) is 0 Å². The molecule has 209 valence electrons. The second-order valence-corrected chi connectivity index (χ2v) is 12.6. The first-order valence-corrected chi connectivity index (χ1v) is 15.4. The molecule has 0 saturated carbocycles. The Hall–Kier alpha value is -2.69. The van der Waals surface area contributed by atoms with E-state index in [9.17, 15) is 4.79 Å². The first-order chi connectivity index (χ1) is 18.2. The Kier molecular flexibility index (Phi) is 8.88. The normalized spacial score (nSPS) is 17.4. The first kappa shape index (κ1) is 29.3. The number of fused-ring (bicyclic) bond motifs is 1. The minimum absolute atomic E-state index is 0. The summed E-state index contributed by atoms with van der Waals surface area (Å²) in [5, 5.41) is 3.04. The van der Waals surface area contributed by atoms with Gasteiger partial charge < -0.3 is 0 Å². The van der Waals surface area contributed by atoms with Gasteiger partial charge >= 0.3 is 235 Å². The minimum atomic E-state index is -0.442. The van der Waals surface area contributed by atoms with Crippen LogP contribution in [0.25, 0.3) is 0 Å². The molecule has 1 atom stereocenters. The van der Waals surface area contributed by atoms with Gasteiger partial charge in [-0.1, -0.05) is 0 Å². The largest absolute Gasteiger partial charge is 0.147 e. The number of carbonyl (C=O) groups excluding carboxylic acids is 1. The number of carbonyl (C=O) groups is 1. The minimum Gasteiger partial charge on any atom is -0.147 e. The Balaban J connectivity index is 0.00000353. The first-order valence-electron chi connectivity index (χ1n) is 13.4. The second-order valence-electron chi connectivity index (χ2n) is 10.6. The molecule has 3 aromatic carbocycles. The molecule has 3 aromatic rings. The van der Waals surface area contributed by atoms with Crippen molar-refractivity contribution in [3.63, 3.8) is 0 Å². The zero-order chi connectivity index (χ0) is 27.1. The van der Waals surface area contributed by atoms with Crippen LogP contribution >= 0.6 is 12.4 Å². The van der Waals surface area contributed by atoms with Crippen molar-refractivity contribution in [1.82, 2.24) is 0 Å². The van der Waals surface area contributed by atoms with Crippen LogP contribution in [-0.4, -0.2) is 34.5 Å². The van der Waals surface area contributed by atoms with Crippen LogP contribution in [0.4, 0.5) is 17.1 Å². The van der Waals surface area contributed by atoms with E-state index in [1.807, 2.05) is 19.1 Å². The smallest absolute Gasteiger partial charge is 0.147 e. The maximum atomic E-state index is 12.4. The van der Waals surface area contributed by atoms with Gasteiger partial charge in [0, 0.05) is 0 Å². The summed E-state index contributed by atoms with van der Waals surface area (Å²) in [6.07, 6.45) is 0.206. The number of nitrogens with one attached hydrogen (secondary N) is 1. The van der Waals surface area contributed by atoms with E-state index >= 15 is 0 Å². The number of benzene rings is 3. The van der Waals surface area contributed by atoms with Gasteiger partial charge in [-0.25, -0.2) is 0 Å². The van der Waals surface area contributed by atoms with Crippen molar-refractivity contribution < 1.29 is 26.2 Å². The quantitative estimate of drug-likeness (QED) is 0.321. The van der Waals surface area contributed by atoms with E-state index in [0.29, 0.717) is 6.42 Å². The van der Waals surface area contributed by atoms with Gasteiger partial charge in [0.15, 0.2) is 0 Å². The van der Waals surface area contributed by atoms with E-state index in [1.165, 1.54) is 44.8 Å². The van der Waals surface area contributed by atoms with E-state index in [-0.39, 0.29) is 39.7 Å². The van der Waals surface area contributed by atoms with Crippen LogP contribution in [0.3, 0.4) is 0 Å². The van der Waals surface area contributed by atoms with Crippen molar-refractivity contribution in [2.75, 3.05) is 28.2 Å². The number of nitrogens with zero attached hydrogens (tertiary/aromatic N) is 2. The van der Waals surface area contributed by atoms with Crippen LogP contribution in [0.2, 0.25) is 0 Å². The molecule has 2 aliphatic rings. The van der Waals surface area contributed by atoms with Crippen molar-refractivity contribution in [2.24, 2.45) is 0 Å². The standard InChI is InChI=1S/C21H27N2.C11H11NO2.ClH.Ru/c1-14-9-16(3)20(17(4)10-14)22-7-8-23(13-22)21-18(5)11-15(2)12-19(21)6;1-3-9-11(13)12-8-6-4-5-7(2)10(8)14-9;;/h9-13H,7-8H2,1-6H3;2,4-6,9H,3H2,1H3,(H,12,13);1H;. The Labute approximate surface area is 246 Å². The third kappa shape index (κ3) is 5.65. The van der Waals surface area contributed by atoms with Gasteiger partial charge in [-0.2, -0.15) is 0 Å². The van der Waals surface area contributed by atoms with Crippen LogP contribution in [0.1, 0.15) is 52.3 Å². The van der Waals surface area contributed by atoms with Crippen molar-refractivity contribution >= 4 is 40.0 Å². The zero-order valence-electron chi connectivity index (χ0n) is 23.9. The fraction of sp³-hybridized carbons (Fsp3) is 0.375. The number of halogens is 1. The van der Waals surface area contributed by atoms with Crippen LogP contribution in [0.5, 0.6) is 5.75 Å². The number of anilines is 3. The molecule has 0 aromatic heterocycles. The molecule has 5 rings (SSSR count). The van der Waals surface area contributed by atoms with Gasteiger partial charge in [-0.3, -0.25) is 0 Å². The third-order valence-corrected chi connectivity index (χ3v) is 9.86. The fourth-order valence-corrected chi connectivity index (χ4v) is 8.55.